The fourth-order valence-electron chi connectivity index (χ4n) is 4.92. The van der Waals surface area contributed by atoms with Gasteiger partial charge < -0.3 is 0 Å². The second-order valence-corrected chi connectivity index (χ2v) is 8.37. The maximum absolute atomic E-state index is 11.8. The summed E-state index contributed by atoms with van der Waals surface area (Å²) in [6.07, 6.45) is 18.7. The number of allylic oxidation sites excluding steroid dienone is 4. The molecule has 0 spiro atoms. The molecule has 4 aliphatic carbocycles. The number of nitrogens with zero attached hydrogens (tertiary/aromatic N) is 2. The molecule has 2 saturated carbocycles. The minimum absolute atomic E-state index is 0.144. The lowest BCUT2D eigenvalue weighted by Crippen LogP contribution is -2.21. The van der Waals surface area contributed by atoms with E-state index in [0.717, 1.165) is 12.8 Å². The van der Waals surface area contributed by atoms with E-state index in [4.69, 9.17) is 0 Å². The number of carbonyl (C=O) groups is 2. The van der Waals surface area contributed by atoms with Crippen molar-refractivity contribution in [2.45, 2.75) is 44.9 Å². The molecule has 2 amide bonds. The van der Waals surface area contributed by atoms with Gasteiger partial charge in [-0.1, -0.05) is 24.3 Å². The first-order valence-electron chi connectivity index (χ1n) is 10.2. The van der Waals surface area contributed by atoms with E-state index in [1.807, 2.05) is 12.4 Å². The maximum Gasteiger partial charge on any atom is 0.240 e. The molecular formula is C21H28N4O2. The van der Waals surface area contributed by atoms with Crippen molar-refractivity contribution in [3.05, 3.63) is 24.3 Å². The van der Waals surface area contributed by atoms with Crippen LogP contribution in [0.4, 0.5) is 0 Å². The van der Waals surface area contributed by atoms with E-state index in [2.05, 4.69) is 45.4 Å². The molecule has 6 unspecified atom stereocenters. The van der Waals surface area contributed by atoms with Crippen LogP contribution >= 0.6 is 0 Å². The summed E-state index contributed by atoms with van der Waals surface area (Å²) in [4.78, 5) is 23.6. The lowest BCUT2D eigenvalue weighted by Gasteiger charge is -2.12. The first-order chi connectivity index (χ1) is 13.2. The normalized spacial score (nSPS) is 35.7. The van der Waals surface area contributed by atoms with Crippen molar-refractivity contribution in [2.24, 2.45) is 45.7 Å². The van der Waals surface area contributed by atoms with Crippen molar-refractivity contribution in [1.29, 1.82) is 0 Å². The molecule has 6 atom stereocenters. The van der Waals surface area contributed by atoms with Crippen LogP contribution < -0.4 is 10.9 Å². The van der Waals surface area contributed by atoms with E-state index >= 15 is 0 Å². The van der Waals surface area contributed by atoms with Crippen molar-refractivity contribution in [3.63, 3.8) is 0 Å². The molecule has 0 saturated heterocycles. The maximum atomic E-state index is 11.8. The number of carbonyl (C=O) groups excluding carboxylic acids is 2. The number of nitrogens with one attached hydrogen (secondary N) is 2. The van der Waals surface area contributed by atoms with Crippen LogP contribution in [-0.2, 0) is 9.59 Å². The third-order valence-electron chi connectivity index (χ3n) is 6.38. The Hall–Kier alpha value is -2.24. The van der Waals surface area contributed by atoms with Crippen LogP contribution in [0.25, 0.3) is 0 Å². The number of fused-ring (bicyclic) bond motifs is 4. The number of rotatable bonds is 8. The number of hydrazone groups is 2. The highest BCUT2D eigenvalue weighted by Crippen LogP contribution is 2.43. The zero-order valence-electron chi connectivity index (χ0n) is 15.6. The van der Waals surface area contributed by atoms with E-state index in [-0.39, 0.29) is 11.8 Å². The van der Waals surface area contributed by atoms with Crippen LogP contribution in [0.1, 0.15) is 44.9 Å². The molecule has 2 fully saturated rings. The highest BCUT2D eigenvalue weighted by molar-refractivity contribution is 5.79. The highest BCUT2D eigenvalue weighted by Gasteiger charge is 2.35. The lowest BCUT2D eigenvalue weighted by molar-refractivity contribution is -0.122. The molecule has 4 aliphatic rings. The van der Waals surface area contributed by atoms with Crippen LogP contribution in [0.15, 0.2) is 34.5 Å². The van der Waals surface area contributed by atoms with Gasteiger partial charge in [0.05, 0.1) is 0 Å². The molecule has 4 bridgehead atoms. The third kappa shape index (κ3) is 4.54. The molecular weight excluding hydrogens is 340 g/mol. The summed E-state index contributed by atoms with van der Waals surface area (Å²) in [5, 5.41) is 8.19. The van der Waals surface area contributed by atoms with E-state index in [0.29, 0.717) is 54.8 Å². The van der Waals surface area contributed by atoms with E-state index in [1.165, 1.54) is 12.8 Å². The zero-order chi connectivity index (χ0) is 18.6. The van der Waals surface area contributed by atoms with Gasteiger partial charge in [-0.15, -0.1) is 0 Å². The van der Waals surface area contributed by atoms with E-state index in [1.54, 1.807) is 0 Å². The Balaban J connectivity index is 1.07. The van der Waals surface area contributed by atoms with E-state index < -0.39 is 0 Å². The van der Waals surface area contributed by atoms with Crippen molar-refractivity contribution in [3.8, 4) is 0 Å². The summed E-state index contributed by atoms with van der Waals surface area (Å²) in [7, 11) is 0. The van der Waals surface area contributed by atoms with Crippen LogP contribution in [0.5, 0.6) is 0 Å². The summed E-state index contributed by atoms with van der Waals surface area (Å²) in [6, 6.07) is 0. The van der Waals surface area contributed by atoms with Gasteiger partial charge >= 0.3 is 0 Å². The first kappa shape index (κ1) is 18.1. The highest BCUT2D eigenvalue weighted by atomic mass is 16.2. The summed E-state index contributed by atoms with van der Waals surface area (Å²) < 4.78 is 0. The smallest absolute Gasteiger partial charge is 0.240 e. The van der Waals surface area contributed by atoms with Gasteiger partial charge in [-0.25, -0.2) is 10.9 Å². The van der Waals surface area contributed by atoms with Crippen molar-refractivity contribution in [1.82, 2.24) is 10.9 Å². The second kappa shape index (κ2) is 8.19. The van der Waals surface area contributed by atoms with Gasteiger partial charge in [-0.2, -0.15) is 10.2 Å². The Morgan fingerprint density at radius 3 is 1.63 bits per heavy atom. The molecule has 0 heterocycles. The predicted molar refractivity (Wildman–Crippen MR) is 105 cm³/mol. The Bertz CT molecular complexity index is 638. The zero-order valence-corrected chi connectivity index (χ0v) is 15.6. The summed E-state index contributed by atoms with van der Waals surface area (Å²) in [5.41, 5.74) is 5.15. The molecule has 6 nitrogen and oxygen atoms in total. The quantitative estimate of drug-likeness (QED) is 0.392. The summed E-state index contributed by atoms with van der Waals surface area (Å²) in [6.45, 7) is 0. The minimum atomic E-state index is -0.144. The monoisotopic (exact) mass is 368 g/mol. The van der Waals surface area contributed by atoms with Crippen LogP contribution in [0, 0.1) is 35.5 Å². The van der Waals surface area contributed by atoms with Crippen molar-refractivity contribution < 1.29 is 9.59 Å². The molecule has 4 rings (SSSR count). The van der Waals surface area contributed by atoms with Gasteiger partial charge in [-0.05, 0) is 55.8 Å². The van der Waals surface area contributed by atoms with Gasteiger partial charge in [0.25, 0.3) is 0 Å². The molecule has 144 valence electrons. The SMILES string of the molecule is O=C(CCCC(=O)N/N=C/C1CC2C=CC1C2)N/N=C/C1CC2C=CC1C2. The van der Waals surface area contributed by atoms with Crippen molar-refractivity contribution >= 4 is 24.2 Å². The second-order valence-electron chi connectivity index (χ2n) is 8.37. The largest absolute Gasteiger partial charge is 0.273 e. The first-order valence-corrected chi connectivity index (χ1v) is 10.2. The van der Waals surface area contributed by atoms with Gasteiger partial charge in [0.2, 0.25) is 11.8 Å². The van der Waals surface area contributed by atoms with E-state index in [9.17, 15) is 9.59 Å². The molecule has 0 aliphatic heterocycles. The van der Waals surface area contributed by atoms with Gasteiger partial charge in [0, 0.05) is 37.1 Å². The predicted octanol–water partition coefficient (Wildman–Crippen LogP) is 2.79. The van der Waals surface area contributed by atoms with Crippen molar-refractivity contribution in [2.75, 3.05) is 0 Å². The molecule has 0 radical (unpaired) electrons. The number of amides is 2. The molecule has 6 heteroatoms. The molecule has 2 N–H and O–H groups in total. The molecule has 0 aromatic heterocycles. The number of hydrogen-bond acceptors (Lipinski definition) is 4. The summed E-state index contributed by atoms with van der Waals surface area (Å²) >= 11 is 0. The minimum Gasteiger partial charge on any atom is -0.273 e. The number of hydrogen-bond donors (Lipinski definition) is 2. The van der Waals surface area contributed by atoms with Gasteiger partial charge in [0.1, 0.15) is 0 Å². The Kier molecular flexibility index (Phi) is 5.50. The fraction of sp³-hybridized carbons (Fsp3) is 0.619. The van der Waals surface area contributed by atoms with Crippen LogP contribution in [0.2, 0.25) is 0 Å². The van der Waals surface area contributed by atoms with Gasteiger partial charge in [-0.3, -0.25) is 9.59 Å². The molecule has 27 heavy (non-hydrogen) atoms. The Morgan fingerprint density at radius 1 is 0.778 bits per heavy atom. The molecule has 0 aromatic rings. The fourth-order valence-corrected chi connectivity index (χ4v) is 4.92. The Morgan fingerprint density at radius 2 is 1.26 bits per heavy atom. The van der Waals surface area contributed by atoms with Crippen LogP contribution in [0.3, 0.4) is 0 Å². The van der Waals surface area contributed by atoms with Crippen LogP contribution in [-0.4, -0.2) is 24.2 Å². The van der Waals surface area contributed by atoms with Gasteiger partial charge in [0.15, 0.2) is 0 Å². The average Bonchev–Trinajstić information content (AvgIpc) is 3.43. The third-order valence-corrected chi connectivity index (χ3v) is 6.38. The summed E-state index contributed by atoms with van der Waals surface area (Å²) in [5.74, 6) is 3.20. The standard InChI is InChI=1S/C21H28N4O2/c26-20(24-22-12-18-10-14-4-6-16(18)8-14)2-1-3-21(27)25-23-13-19-11-15-5-7-17(19)9-15/h4-7,12-19H,1-3,8-11H2,(H,24,26)(H,25,27)/b22-12+,23-13+. The average molecular weight is 368 g/mol. The Labute approximate surface area is 160 Å². The lowest BCUT2D eigenvalue weighted by atomic mass is 9.95. The topological polar surface area (TPSA) is 82.9 Å². The molecule has 0 aromatic carbocycles.